The van der Waals surface area contributed by atoms with Gasteiger partial charge >= 0.3 is 0 Å². The number of nitrogens with one attached hydrogen (secondary N) is 1. The topological polar surface area (TPSA) is 52.8 Å². The van der Waals surface area contributed by atoms with Gasteiger partial charge in [-0.2, -0.15) is 0 Å². The molecule has 0 bridgehead atoms. The summed E-state index contributed by atoms with van der Waals surface area (Å²) in [6, 6.07) is 2.08. The number of aliphatic hydroxyl groups excluding tert-OH is 1. The number of hydrogen-bond donors (Lipinski definition) is 2. The van der Waals surface area contributed by atoms with Crippen molar-refractivity contribution < 1.29 is 5.11 Å². The van der Waals surface area contributed by atoms with Crippen molar-refractivity contribution in [2.75, 3.05) is 19.6 Å². The minimum Gasteiger partial charge on any atom is -0.391 e. The highest BCUT2D eigenvalue weighted by atomic mass is 16.3. The zero-order valence-electron chi connectivity index (χ0n) is 11.1. The number of rotatable bonds is 3. The van der Waals surface area contributed by atoms with Crippen LogP contribution in [0.2, 0.25) is 0 Å². The maximum absolute atomic E-state index is 9.58. The van der Waals surface area contributed by atoms with Crippen molar-refractivity contribution in [3.63, 3.8) is 0 Å². The van der Waals surface area contributed by atoms with Crippen LogP contribution < -0.4 is 5.32 Å². The Morgan fingerprint density at radius 2 is 2.44 bits per heavy atom. The average Bonchev–Trinajstić information content (AvgIpc) is 2.94. The van der Waals surface area contributed by atoms with Crippen LogP contribution in [-0.2, 0) is 13.6 Å². The molecule has 0 amide bonds. The Balaban J connectivity index is 2.00. The molecule has 2 N–H and O–H groups in total. The molecule has 1 atom stereocenters. The van der Waals surface area contributed by atoms with Gasteiger partial charge in [-0.1, -0.05) is 0 Å². The fourth-order valence-corrected chi connectivity index (χ4v) is 2.18. The van der Waals surface area contributed by atoms with Crippen molar-refractivity contribution in [3.05, 3.63) is 24.0 Å². The van der Waals surface area contributed by atoms with E-state index in [1.165, 1.54) is 5.56 Å². The predicted molar refractivity (Wildman–Crippen MR) is 72.4 cm³/mol. The lowest BCUT2D eigenvalue weighted by Crippen LogP contribution is -2.40. The zero-order chi connectivity index (χ0) is 13.0. The van der Waals surface area contributed by atoms with E-state index in [4.69, 9.17) is 0 Å². The minimum atomic E-state index is -0.217. The number of β-amino-alcohol motifs (C(OH)–C–C–N with tert-alkyl or cyclic N) is 1. The quantitative estimate of drug-likeness (QED) is 0.609. The summed E-state index contributed by atoms with van der Waals surface area (Å²) in [4.78, 5) is 6.74. The fourth-order valence-electron chi connectivity index (χ4n) is 2.18. The molecule has 0 unspecified atom stereocenters. The second-order valence-corrected chi connectivity index (χ2v) is 4.74. The van der Waals surface area contributed by atoms with Gasteiger partial charge in [-0.25, -0.2) is 4.99 Å². The van der Waals surface area contributed by atoms with Crippen LogP contribution >= 0.6 is 0 Å². The number of aromatic nitrogens is 1. The molecule has 2 rings (SSSR count). The lowest BCUT2D eigenvalue weighted by Gasteiger charge is -2.20. The number of hydrogen-bond acceptors (Lipinski definition) is 2. The van der Waals surface area contributed by atoms with E-state index in [2.05, 4.69) is 34.4 Å². The van der Waals surface area contributed by atoms with E-state index in [0.29, 0.717) is 13.1 Å². The Morgan fingerprint density at radius 3 is 3.00 bits per heavy atom. The number of nitrogens with zero attached hydrogens (tertiary/aromatic N) is 3. The van der Waals surface area contributed by atoms with Gasteiger partial charge in [0.2, 0.25) is 0 Å². The molecule has 1 saturated heterocycles. The summed E-state index contributed by atoms with van der Waals surface area (Å²) < 4.78 is 2.03. The third-order valence-corrected chi connectivity index (χ3v) is 3.10. The van der Waals surface area contributed by atoms with Gasteiger partial charge in [0.15, 0.2) is 5.96 Å². The summed E-state index contributed by atoms with van der Waals surface area (Å²) in [6.07, 6.45) is 4.71. The van der Waals surface area contributed by atoms with E-state index in [0.717, 1.165) is 25.5 Å². The Bertz CT molecular complexity index is 413. The van der Waals surface area contributed by atoms with Crippen LogP contribution in [0, 0.1) is 0 Å². The van der Waals surface area contributed by atoms with Crippen molar-refractivity contribution in [2.24, 2.45) is 12.0 Å². The molecule has 18 heavy (non-hydrogen) atoms. The maximum atomic E-state index is 9.58. The molecule has 5 nitrogen and oxygen atoms in total. The number of guanidine groups is 1. The Kier molecular flexibility index (Phi) is 4.25. The van der Waals surface area contributed by atoms with Crippen LogP contribution in [0.1, 0.15) is 18.9 Å². The van der Waals surface area contributed by atoms with E-state index in [-0.39, 0.29) is 6.10 Å². The highest BCUT2D eigenvalue weighted by Gasteiger charge is 2.22. The Hall–Kier alpha value is -1.49. The van der Waals surface area contributed by atoms with E-state index >= 15 is 0 Å². The Morgan fingerprint density at radius 1 is 1.61 bits per heavy atom. The summed E-state index contributed by atoms with van der Waals surface area (Å²) in [5, 5.41) is 12.9. The standard InChI is InChI=1S/C13H22N4O/c1-3-14-13(17-7-5-12(18)10-17)15-8-11-4-6-16(2)9-11/h4,6,9,12,18H,3,5,7-8,10H2,1-2H3,(H,14,15)/t12-/m1/s1. The normalized spacial score (nSPS) is 20.5. The number of aliphatic imine (C=N–C) groups is 1. The van der Waals surface area contributed by atoms with Gasteiger partial charge in [0.1, 0.15) is 0 Å². The molecule has 0 spiro atoms. The molecule has 100 valence electrons. The predicted octanol–water partition coefficient (Wildman–Crippen LogP) is 0.557. The van der Waals surface area contributed by atoms with Crippen LogP contribution in [0.15, 0.2) is 23.5 Å². The number of aryl methyl sites for hydroxylation is 1. The van der Waals surface area contributed by atoms with Crippen LogP contribution in [-0.4, -0.2) is 46.3 Å². The summed E-state index contributed by atoms with van der Waals surface area (Å²) >= 11 is 0. The second kappa shape index (κ2) is 5.91. The summed E-state index contributed by atoms with van der Waals surface area (Å²) in [6.45, 7) is 5.14. The molecular formula is C13H22N4O. The molecule has 0 radical (unpaired) electrons. The van der Waals surface area contributed by atoms with Gasteiger partial charge in [-0.05, 0) is 25.0 Å². The Labute approximate surface area is 108 Å². The van der Waals surface area contributed by atoms with Crippen molar-refractivity contribution in [1.29, 1.82) is 0 Å². The van der Waals surface area contributed by atoms with E-state index in [9.17, 15) is 5.11 Å². The fraction of sp³-hybridized carbons (Fsp3) is 0.615. The van der Waals surface area contributed by atoms with E-state index in [1.807, 2.05) is 17.8 Å². The summed E-state index contributed by atoms with van der Waals surface area (Å²) in [7, 11) is 2.01. The van der Waals surface area contributed by atoms with Gasteiger partial charge in [-0.15, -0.1) is 0 Å². The smallest absolute Gasteiger partial charge is 0.194 e. The number of aliphatic hydroxyl groups is 1. The van der Waals surface area contributed by atoms with Gasteiger partial charge in [0.25, 0.3) is 0 Å². The lowest BCUT2D eigenvalue weighted by molar-refractivity contribution is 0.188. The van der Waals surface area contributed by atoms with Gasteiger partial charge in [0, 0.05) is 39.1 Å². The third-order valence-electron chi connectivity index (χ3n) is 3.10. The molecule has 2 heterocycles. The van der Waals surface area contributed by atoms with Crippen LogP contribution in [0.25, 0.3) is 0 Å². The van der Waals surface area contributed by atoms with Crippen LogP contribution in [0.4, 0.5) is 0 Å². The molecule has 1 aliphatic rings. The molecule has 5 heteroatoms. The second-order valence-electron chi connectivity index (χ2n) is 4.74. The third kappa shape index (κ3) is 3.26. The molecule has 0 saturated carbocycles. The van der Waals surface area contributed by atoms with Crippen molar-refractivity contribution in [3.8, 4) is 0 Å². The monoisotopic (exact) mass is 250 g/mol. The first-order valence-corrected chi connectivity index (χ1v) is 6.51. The first-order valence-electron chi connectivity index (χ1n) is 6.51. The highest BCUT2D eigenvalue weighted by Crippen LogP contribution is 2.10. The van der Waals surface area contributed by atoms with Gasteiger partial charge in [-0.3, -0.25) is 0 Å². The largest absolute Gasteiger partial charge is 0.391 e. The van der Waals surface area contributed by atoms with Crippen molar-refractivity contribution in [2.45, 2.75) is 26.0 Å². The zero-order valence-corrected chi connectivity index (χ0v) is 11.1. The minimum absolute atomic E-state index is 0.217. The molecular weight excluding hydrogens is 228 g/mol. The van der Waals surface area contributed by atoms with Crippen LogP contribution in [0.3, 0.4) is 0 Å². The van der Waals surface area contributed by atoms with Gasteiger partial charge in [0.05, 0.1) is 12.6 Å². The maximum Gasteiger partial charge on any atom is 0.194 e. The SMILES string of the molecule is CCNC(=NCc1ccn(C)c1)N1CC[C@@H](O)C1. The average molecular weight is 250 g/mol. The highest BCUT2D eigenvalue weighted by molar-refractivity contribution is 5.80. The van der Waals surface area contributed by atoms with E-state index < -0.39 is 0 Å². The first kappa shape index (κ1) is 13.0. The van der Waals surface area contributed by atoms with E-state index in [1.54, 1.807) is 0 Å². The van der Waals surface area contributed by atoms with Crippen molar-refractivity contribution in [1.82, 2.24) is 14.8 Å². The summed E-state index contributed by atoms with van der Waals surface area (Å²) in [5.41, 5.74) is 1.20. The lowest BCUT2D eigenvalue weighted by atomic mass is 10.3. The molecule has 1 aliphatic heterocycles. The van der Waals surface area contributed by atoms with Crippen molar-refractivity contribution >= 4 is 5.96 Å². The first-order chi connectivity index (χ1) is 8.69. The van der Waals surface area contributed by atoms with Gasteiger partial charge < -0.3 is 19.9 Å². The summed E-state index contributed by atoms with van der Waals surface area (Å²) in [5.74, 6) is 0.901. The molecule has 1 aromatic heterocycles. The number of likely N-dealkylation sites (tertiary alicyclic amines) is 1. The van der Waals surface area contributed by atoms with Crippen LogP contribution in [0.5, 0.6) is 0 Å². The molecule has 1 fully saturated rings. The molecule has 0 aliphatic carbocycles. The molecule has 1 aromatic rings. The molecule has 0 aromatic carbocycles.